The molecule has 0 aromatic rings. The average molecular weight is 535 g/mol. The number of carboxylic acid groups (broad SMARTS) is 2. The van der Waals surface area contributed by atoms with Crippen LogP contribution < -0.4 is 38.9 Å². The Labute approximate surface area is 211 Å². The molecule has 0 fully saturated rings. The van der Waals surface area contributed by atoms with Crippen LogP contribution in [-0.4, -0.2) is 94.5 Å². The van der Waals surface area contributed by atoms with Gasteiger partial charge in [-0.2, -0.15) is 11.8 Å². The monoisotopic (exact) mass is 534 g/mol. The summed E-state index contributed by atoms with van der Waals surface area (Å²) in [5.74, 6) is -6.40. The summed E-state index contributed by atoms with van der Waals surface area (Å²) >= 11 is 1.48. The highest BCUT2D eigenvalue weighted by molar-refractivity contribution is 7.98. The summed E-state index contributed by atoms with van der Waals surface area (Å²) in [7, 11) is 0. The van der Waals surface area contributed by atoms with Crippen LogP contribution in [0.5, 0.6) is 0 Å². The summed E-state index contributed by atoms with van der Waals surface area (Å²) in [6, 6.07) is -5.60. The second kappa shape index (κ2) is 16.9. The maximum Gasteiger partial charge on any atom is 0.326 e. The molecule has 4 unspecified atom stereocenters. The minimum Gasteiger partial charge on any atom is -0.481 e. The standard InChI is InChI=1S/C19H34N8O8S/c1-36-6-4-9(20)15(31)25-10(3-2-5-24-19(22)23)16(32)26-11(7-13(21)28)17(33)27-12(18(34)35)8-14(29)30/h9-12H,2-8,20H2,1H3,(H2,21,28)(H,25,31)(H,26,32)(H,27,33)(H,29,30)(H,34,35)(H4,22,23,24). The highest BCUT2D eigenvalue weighted by atomic mass is 32.2. The van der Waals surface area contributed by atoms with Gasteiger partial charge in [0.1, 0.15) is 18.1 Å². The quantitative estimate of drug-likeness (QED) is 0.0462. The third-order valence-electron chi connectivity index (χ3n) is 4.58. The van der Waals surface area contributed by atoms with Crippen molar-refractivity contribution in [1.29, 1.82) is 0 Å². The van der Waals surface area contributed by atoms with Crippen molar-refractivity contribution in [2.24, 2.45) is 27.9 Å². The predicted octanol–water partition coefficient (Wildman–Crippen LogP) is -3.99. The van der Waals surface area contributed by atoms with E-state index in [1.165, 1.54) is 11.8 Å². The molecule has 13 N–H and O–H groups in total. The number of thioether (sulfide) groups is 1. The van der Waals surface area contributed by atoms with Crippen molar-refractivity contribution < 1.29 is 39.0 Å². The molecule has 17 heteroatoms. The Hall–Kier alpha value is -3.60. The molecular weight excluding hydrogens is 500 g/mol. The third kappa shape index (κ3) is 14.0. The molecule has 0 saturated heterocycles. The fraction of sp³-hybridized carbons (Fsp3) is 0.632. The van der Waals surface area contributed by atoms with Crippen LogP contribution in [0.4, 0.5) is 0 Å². The predicted molar refractivity (Wildman–Crippen MR) is 130 cm³/mol. The summed E-state index contributed by atoms with van der Waals surface area (Å²) in [5.41, 5.74) is 21.5. The number of nitrogens with zero attached hydrogens (tertiary/aromatic N) is 1. The number of hydrogen-bond donors (Lipinski definition) is 9. The SMILES string of the molecule is CSCCC(N)C(=O)NC(CCCN=C(N)N)C(=O)NC(CC(N)=O)C(=O)NC(CC(=O)O)C(=O)O. The number of carbonyl (C=O) groups is 6. The van der Waals surface area contributed by atoms with Crippen LogP contribution in [0.2, 0.25) is 0 Å². The number of hydrogen-bond acceptors (Lipinski definition) is 9. The Morgan fingerprint density at radius 2 is 1.39 bits per heavy atom. The van der Waals surface area contributed by atoms with Crippen LogP contribution in [-0.2, 0) is 28.8 Å². The van der Waals surface area contributed by atoms with Gasteiger partial charge in [-0.25, -0.2) is 4.79 Å². The second-order valence-corrected chi connectivity index (χ2v) is 8.61. The summed E-state index contributed by atoms with van der Waals surface area (Å²) in [6.07, 6.45) is 0.755. The molecule has 0 aliphatic heterocycles. The lowest BCUT2D eigenvalue weighted by Crippen LogP contribution is -2.58. The van der Waals surface area contributed by atoms with E-state index in [9.17, 15) is 28.8 Å². The van der Waals surface area contributed by atoms with E-state index in [1.54, 1.807) is 0 Å². The first kappa shape index (κ1) is 32.4. The molecule has 0 heterocycles. The fourth-order valence-corrected chi connectivity index (χ4v) is 3.25. The molecular formula is C19H34N8O8S. The number of rotatable bonds is 18. The molecule has 0 bridgehead atoms. The summed E-state index contributed by atoms with van der Waals surface area (Å²) in [5, 5.41) is 24.6. The van der Waals surface area contributed by atoms with Crippen LogP contribution in [0.3, 0.4) is 0 Å². The van der Waals surface area contributed by atoms with Gasteiger partial charge in [-0.1, -0.05) is 0 Å². The van der Waals surface area contributed by atoms with Crippen molar-refractivity contribution in [2.45, 2.75) is 56.3 Å². The van der Waals surface area contributed by atoms with E-state index in [2.05, 4.69) is 15.6 Å². The van der Waals surface area contributed by atoms with Gasteiger partial charge in [-0.15, -0.1) is 0 Å². The van der Waals surface area contributed by atoms with Crippen LogP contribution in [0.15, 0.2) is 4.99 Å². The third-order valence-corrected chi connectivity index (χ3v) is 5.22. The molecule has 0 aliphatic rings. The normalized spacial score (nSPS) is 13.8. The lowest BCUT2D eigenvalue weighted by Gasteiger charge is -2.24. The largest absolute Gasteiger partial charge is 0.481 e. The Bertz CT molecular complexity index is 836. The number of nitrogens with one attached hydrogen (secondary N) is 3. The Morgan fingerprint density at radius 3 is 1.89 bits per heavy atom. The van der Waals surface area contributed by atoms with Crippen molar-refractivity contribution >= 4 is 53.3 Å². The van der Waals surface area contributed by atoms with E-state index in [4.69, 9.17) is 33.1 Å². The molecule has 16 nitrogen and oxygen atoms in total. The number of guanidine groups is 1. The zero-order chi connectivity index (χ0) is 27.8. The zero-order valence-electron chi connectivity index (χ0n) is 19.8. The highest BCUT2D eigenvalue weighted by Crippen LogP contribution is 2.05. The molecule has 0 rings (SSSR count). The van der Waals surface area contributed by atoms with Crippen LogP contribution in [0.1, 0.15) is 32.1 Å². The maximum absolute atomic E-state index is 12.9. The van der Waals surface area contributed by atoms with Gasteiger partial charge in [0.25, 0.3) is 0 Å². The van der Waals surface area contributed by atoms with Crippen molar-refractivity contribution in [2.75, 3.05) is 18.6 Å². The number of amides is 4. The van der Waals surface area contributed by atoms with Gasteiger partial charge in [-0.3, -0.25) is 29.0 Å². The van der Waals surface area contributed by atoms with Crippen LogP contribution in [0, 0.1) is 0 Å². The molecule has 0 aliphatic carbocycles. The molecule has 4 amide bonds. The van der Waals surface area contributed by atoms with E-state index >= 15 is 0 Å². The van der Waals surface area contributed by atoms with E-state index < -0.39 is 72.6 Å². The molecule has 36 heavy (non-hydrogen) atoms. The van der Waals surface area contributed by atoms with E-state index in [1.807, 2.05) is 11.6 Å². The van der Waals surface area contributed by atoms with Crippen molar-refractivity contribution in [3.63, 3.8) is 0 Å². The summed E-state index contributed by atoms with van der Waals surface area (Å²) in [6.45, 7) is 0.126. The van der Waals surface area contributed by atoms with E-state index in [0.717, 1.165) is 0 Å². The Morgan fingerprint density at radius 1 is 0.833 bits per heavy atom. The Kier molecular flexibility index (Phi) is 15.2. The minimum absolute atomic E-state index is 0.0191. The molecule has 0 spiro atoms. The van der Waals surface area contributed by atoms with Crippen molar-refractivity contribution in [3.8, 4) is 0 Å². The Balaban J connectivity index is 5.61. The molecule has 0 radical (unpaired) electrons. The number of aliphatic imine (C=N–C) groups is 1. The van der Waals surface area contributed by atoms with Gasteiger partial charge in [0.2, 0.25) is 23.6 Å². The van der Waals surface area contributed by atoms with Crippen LogP contribution >= 0.6 is 11.8 Å². The first-order valence-corrected chi connectivity index (χ1v) is 12.1. The first-order valence-electron chi connectivity index (χ1n) is 10.7. The molecule has 204 valence electrons. The van der Waals surface area contributed by atoms with Crippen molar-refractivity contribution in [1.82, 2.24) is 16.0 Å². The molecule has 4 atom stereocenters. The summed E-state index contributed by atoms with van der Waals surface area (Å²) in [4.78, 5) is 75.3. The lowest BCUT2D eigenvalue weighted by atomic mass is 10.1. The maximum atomic E-state index is 12.9. The van der Waals surface area contributed by atoms with Gasteiger partial charge in [0, 0.05) is 6.54 Å². The van der Waals surface area contributed by atoms with E-state index in [0.29, 0.717) is 12.2 Å². The minimum atomic E-state index is -1.83. The lowest BCUT2D eigenvalue weighted by molar-refractivity contribution is -0.147. The van der Waals surface area contributed by atoms with Gasteiger partial charge in [0.05, 0.1) is 18.9 Å². The van der Waals surface area contributed by atoms with Gasteiger partial charge in [-0.05, 0) is 31.3 Å². The topological polar surface area (TPSA) is 295 Å². The first-order chi connectivity index (χ1) is 16.8. The average Bonchev–Trinajstić information content (AvgIpc) is 2.77. The second-order valence-electron chi connectivity index (χ2n) is 7.63. The fourth-order valence-electron chi connectivity index (χ4n) is 2.76. The number of aliphatic carboxylic acids is 2. The van der Waals surface area contributed by atoms with Crippen molar-refractivity contribution in [3.05, 3.63) is 0 Å². The van der Waals surface area contributed by atoms with Gasteiger partial charge >= 0.3 is 11.9 Å². The van der Waals surface area contributed by atoms with Gasteiger partial charge in [0.15, 0.2) is 5.96 Å². The van der Waals surface area contributed by atoms with Crippen LogP contribution in [0.25, 0.3) is 0 Å². The molecule has 0 aromatic heterocycles. The number of primary amides is 1. The number of nitrogens with two attached hydrogens (primary N) is 4. The zero-order valence-corrected chi connectivity index (χ0v) is 20.6. The molecule has 0 saturated carbocycles. The highest BCUT2D eigenvalue weighted by Gasteiger charge is 2.31. The number of carbonyl (C=O) groups excluding carboxylic acids is 4. The smallest absolute Gasteiger partial charge is 0.326 e. The summed E-state index contributed by atoms with van der Waals surface area (Å²) < 4.78 is 0. The molecule has 0 aromatic carbocycles. The number of carboxylic acids is 2. The van der Waals surface area contributed by atoms with Gasteiger partial charge < -0.3 is 49.1 Å². The van der Waals surface area contributed by atoms with E-state index in [-0.39, 0.29) is 25.3 Å².